The summed E-state index contributed by atoms with van der Waals surface area (Å²) >= 11 is 0. The molecular formula is C18H23N3O. The Hall–Kier alpha value is -2.33. The van der Waals surface area contributed by atoms with Crippen molar-refractivity contribution in [1.29, 1.82) is 0 Å². The van der Waals surface area contributed by atoms with Crippen LogP contribution in [0.4, 0.5) is 4.79 Å². The summed E-state index contributed by atoms with van der Waals surface area (Å²) in [5.41, 5.74) is 2.28. The smallest absolute Gasteiger partial charge is 0.315 e. The second-order valence-corrected chi connectivity index (χ2v) is 5.44. The van der Waals surface area contributed by atoms with Crippen LogP contribution in [0.25, 0.3) is 0 Å². The molecule has 4 heteroatoms. The lowest BCUT2D eigenvalue weighted by Crippen LogP contribution is -2.40. The van der Waals surface area contributed by atoms with Gasteiger partial charge >= 0.3 is 6.03 Å². The highest BCUT2D eigenvalue weighted by Crippen LogP contribution is 2.16. The zero-order valence-corrected chi connectivity index (χ0v) is 13.1. The first-order valence-electron chi connectivity index (χ1n) is 7.44. The van der Waals surface area contributed by atoms with E-state index in [0.29, 0.717) is 13.1 Å². The zero-order chi connectivity index (χ0) is 15.8. The minimum Gasteiger partial charge on any atom is -0.336 e. The average Bonchev–Trinajstić information content (AvgIpc) is 2.55. The average molecular weight is 297 g/mol. The molecule has 0 aromatic heterocycles. The first-order valence-corrected chi connectivity index (χ1v) is 7.44. The number of carbonyl (C=O) groups excluding carboxylic acids is 1. The van der Waals surface area contributed by atoms with Crippen molar-refractivity contribution in [1.82, 2.24) is 15.5 Å². The largest absolute Gasteiger partial charge is 0.336 e. The topological polar surface area (TPSA) is 44.4 Å². The highest BCUT2D eigenvalue weighted by Gasteiger charge is 2.14. The lowest BCUT2D eigenvalue weighted by molar-refractivity contribution is 0.232. The maximum Gasteiger partial charge on any atom is 0.315 e. The fraction of sp³-hybridized carbons (Fsp3) is 0.278. The van der Waals surface area contributed by atoms with Crippen molar-refractivity contribution in [3.05, 3.63) is 71.8 Å². The predicted molar refractivity (Wildman–Crippen MR) is 89.6 cm³/mol. The van der Waals surface area contributed by atoms with Crippen LogP contribution in [0.15, 0.2) is 60.7 Å². The van der Waals surface area contributed by atoms with Crippen molar-refractivity contribution in [2.45, 2.75) is 12.6 Å². The number of nitrogens with one attached hydrogen (secondary N) is 2. The Kier molecular flexibility index (Phi) is 5.98. The van der Waals surface area contributed by atoms with Crippen LogP contribution in [0.1, 0.15) is 17.2 Å². The quantitative estimate of drug-likeness (QED) is 0.861. The number of hydrogen-bond acceptors (Lipinski definition) is 2. The van der Waals surface area contributed by atoms with Gasteiger partial charge < -0.3 is 15.5 Å². The number of benzene rings is 2. The van der Waals surface area contributed by atoms with Gasteiger partial charge in [-0.05, 0) is 25.2 Å². The van der Waals surface area contributed by atoms with Crippen LogP contribution in [-0.2, 0) is 6.54 Å². The summed E-state index contributed by atoms with van der Waals surface area (Å²) in [5.74, 6) is 0. The molecule has 0 saturated carbocycles. The van der Waals surface area contributed by atoms with Crippen LogP contribution >= 0.6 is 0 Å². The van der Waals surface area contributed by atoms with Crippen LogP contribution in [0.3, 0.4) is 0 Å². The van der Waals surface area contributed by atoms with Gasteiger partial charge in [0.1, 0.15) is 0 Å². The molecule has 116 valence electrons. The highest BCUT2D eigenvalue weighted by atomic mass is 16.2. The van der Waals surface area contributed by atoms with Crippen LogP contribution in [0.2, 0.25) is 0 Å². The molecule has 0 aliphatic carbocycles. The third-order valence-electron chi connectivity index (χ3n) is 3.56. The number of amides is 2. The molecule has 2 N–H and O–H groups in total. The molecular weight excluding hydrogens is 274 g/mol. The second-order valence-electron chi connectivity index (χ2n) is 5.44. The molecule has 0 aliphatic rings. The number of rotatable bonds is 6. The Balaban J connectivity index is 1.83. The zero-order valence-electron chi connectivity index (χ0n) is 13.1. The number of urea groups is 1. The van der Waals surface area contributed by atoms with Gasteiger partial charge in [-0.1, -0.05) is 60.7 Å². The monoisotopic (exact) mass is 297 g/mol. The molecule has 0 unspecified atom stereocenters. The summed E-state index contributed by atoms with van der Waals surface area (Å²) in [4.78, 5) is 14.0. The molecule has 0 radical (unpaired) electrons. The van der Waals surface area contributed by atoms with Gasteiger partial charge in [0.05, 0.1) is 6.04 Å². The van der Waals surface area contributed by atoms with Crippen LogP contribution in [0, 0.1) is 0 Å². The highest BCUT2D eigenvalue weighted by molar-refractivity contribution is 5.73. The predicted octanol–water partition coefficient (Wildman–Crippen LogP) is 2.79. The lowest BCUT2D eigenvalue weighted by Gasteiger charge is -2.25. The Morgan fingerprint density at radius 2 is 1.55 bits per heavy atom. The molecule has 2 amide bonds. The molecule has 0 heterocycles. The Bertz CT molecular complexity index is 569. The molecule has 4 nitrogen and oxygen atoms in total. The second kappa shape index (κ2) is 8.20. The van der Waals surface area contributed by atoms with E-state index in [-0.39, 0.29) is 12.1 Å². The lowest BCUT2D eigenvalue weighted by atomic mass is 10.1. The molecule has 2 aromatic carbocycles. The molecule has 0 bridgehead atoms. The van der Waals surface area contributed by atoms with Crippen molar-refractivity contribution in [3.63, 3.8) is 0 Å². The third kappa shape index (κ3) is 4.90. The van der Waals surface area contributed by atoms with E-state index < -0.39 is 0 Å². The van der Waals surface area contributed by atoms with E-state index in [2.05, 4.69) is 27.7 Å². The number of hydrogen-bond donors (Lipinski definition) is 2. The normalized spacial score (nSPS) is 12.0. The fourth-order valence-corrected chi connectivity index (χ4v) is 2.30. The van der Waals surface area contributed by atoms with Gasteiger partial charge in [-0.3, -0.25) is 0 Å². The van der Waals surface area contributed by atoms with E-state index in [0.717, 1.165) is 5.56 Å². The molecule has 0 fully saturated rings. The number of nitrogens with zero attached hydrogens (tertiary/aromatic N) is 1. The van der Waals surface area contributed by atoms with E-state index in [4.69, 9.17) is 0 Å². The molecule has 22 heavy (non-hydrogen) atoms. The summed E-state index contributed by atoms with van der Waals surface area (Å²) in [7, 11) is 4.03. The van der Waals surface area contributed by atoms with Crippen molar-refractivity contribution < 1.29 is 4.79 Å². The van der Waals surface area contributed by atoms with Gasteiger partial charge in [-0.15, -0.1) is 0 Å². The van der Waals surface area contributed by atoms with Gasteiger partial charge in [0.2, 0.25) is 0 Å². The number of carbonyl (C=O) groups is 1. The molecule has 2 rings (SSSR count). The Morgan fingerprint density at radius 1 is 0.955 bits per heavy atom. The van der Waals surface area contributed by atoms with Gasteiger partial charge in [0.15, 0.2) is 0 Å². The van der Waals surface area contributed by atoms with Gasteiger partial charge in [-0.25, -0.2) is 4.79 Å². The summed E-state index contributed by atoms with van der Waals surface area (Å²) in [6.07, 6.45) is 0. The van der Waals surface area contributed by atoms with Gasteiger partial charge in [0.25, 0.3) is 0 Å². The fourth-order valence-electron chi connectivity index (χ4n) is 2.30. The summed E-state index contributed by atoms with van der Waals surface area (Å²) in [6.45, 7) is 1.10. The maximum absolute atomic E-state index is 11.9. The minimum absolute atomic E-state index is 0.147. The maximum atomic E-state index is 11.9. The van der Waals surface area contributed by atoms with E-state index in [1.165, 1.54) is 5.56 Å². The van der Waals surface area contributed by atoms with E-state index >= 15 is 0 Å². The Morgan fingerprint density at radius 3 is 2.14 bits per heavy atom. The van der Waals surface area contributed by atoms with Crippen molar-refractivity contribution in [2.75, 3.05) is 20.6 Å². The van der Waals surface area contributed by atoms with Crippen molar-refractivity contribution in [3.8, 4) is 0 Å². The summed E-state index contributed by atoms with van der Waals surface area (Å²) < 4.78 is 0. The standard InChI is InChI=1S/C18H23N3O/c1-21(2)17(16-11-7-4-8-12-16)14-20-18(22)19-13-15-9-5-3-6-10-15/h3-12,17H,13-14H2,1-2H3,(H2,19,20,22)/t17-/m1/s1. The van der Waals surface area contributed by atoms with E-state index in [1.54, 1.807) is 0 Å². The van der Waals surface area contributed by atoms with Crippen molar-refractivity contribution in [2.24, 2.45) is 0 Å². The molecule has 0 saturated heterocycles. The Labute approximate surface area is 132 Å². The molecule has 0 aliphatic heterocycles. The first-order chi connectivity index (χ1) is 10.7. The first kappa shape index (κ1) is 16.0. The van der Waals surface area contributed by atoms with E-state index in [9.17, 15) is 4.79 Å². The van der Waals surface area contributed by atoms with Crippen LogP contribution in [-0.4, -0.2) is 31.6 Å². The molecule has 1 atom stereocenters. The minimum atomic E-state index is -0.147. The number of likely N-dealkylation sites (N-methyl/N-ethyl adjacent to an activating group) is 1. The van der Waals surface area contributed by atoms with Crippen molar-refractivity contribution >= 4 is 6.03 Å². The van der Waals surface area contributed by atoms with E-state index in [1.807, 2.05) is 62.6 Å². The van der Waals surface area contributed by atoms with Crippen LogP contribution in [0.5, 0.6) is 0 Å². The van der Waals surface area contributed by atoms with Gasteiger partial charge in [0, 0.05) is 13.1 Å². The third-order valence-corrected chi connectivity index (χ3v) is 3.56. The molecule has 0 spiro atoms. The molecule has 2 aromatic rings. The SMILES string of the molecule is CN(C)[C@H](CNC(=O)NCc1ccccc1)c1ccccc1. The van der Waals surface area contributed by atoms with Crippen LogP contribution < -0.4 is 10.6 Å². The van der Waals surface area contributed by atoms with Gasteiger partial charge in [-0.2, -0.15) is 0 Å². The summed E-state index contributed by atoms with van der Waals surface area (Å²) in [5, 5.41) is 5.82. The summed E-state index contributed by atoms with van der Waals surface area (Å²) in [6, 6.07) is 20.1.